The molecule has 0 saturated heterocycles. The van der Waals surface area contributed by atoms with E-state index in [0.717, 1.165) is 31.6 Å². The van der Waals surface area contributed by atoms with Crippen LogP contribution in [0, 0.1) is 11.3 Å². The van der Waals surface area contributed by atoms with Gasteiger partial charge in [0.15, 0.2) is 0 Å². The van der Waals surface area contributed by atoms with Crippen LogP contribution in [0.2, 0.25) is 0 Å². The molecule has 108 valence electrons. The van der Waals surface area contributed by atoms with Gasteiger partial charge in [0.1, 0.15) is 5.75 Å². The first kappa shape index (κ1) is 14.9. The highest BCUT2D eigenvalue weighted by Gasteiger charge is 2.19. The highest BCUT2D eigenvalue weighted by atomic mass is 16.5. The summed E-state index contributed by atoms with van der Waals surface area (Å²) in [6, 6.07) is 9.16. The minimum absolute atomic E-state index is 0.508. The minimum Gasteiger partial charge on any atom is -0.494 e. The van der Waals surface area contributed by atoms with Gasteiger partial charge in [-0.2, -0.15) is 5.26 Å². The second-order valence-corrected chi connectivity index (χ2v) is 5.33. The number of ether oxygens (including phenoxy) is 1. The number of aryl methyl sites for hydroxylation is 1. The third-order valence-corrected chi connectivity index (χ3v) is 3.83. The second-order valence-electron chi connectivity index (χ2n) is 5.33. The largest absolute Gasteiger partial charge is 0.494 e. The van der Waals surface area contributed by atoms with Gasteiger partial charge in [-0.1, -0.05) is 13.0 Å². The Hall–Kier alpha value is -1.53. The van der Waals surface area contributed by atoms with Gasteiger partial charge in [0.05, 0.1) is 12.7 Å². The molecule has 0 amide bonds. The van der Waals surface area contributed by atoms with Gasteiger partial charge in [-0.05, 0) is 61.9 Å². The number of nitrogens with one attached hydrogen (secondary N) is 1. The quantitative estimate of drug-likeness (QED) is 0.769. The number of rotatable bonds is 7. The Kier molecular flexibility index (Phi) is 5.88. The molecule has 1 aromatic carbocycles. The Balaban J connectivity index is 1.92. The van der Waals surface area contributed by atoms with E-state index in [2.05, 4.69) is 36.5 Å². The number of fused-ring (bicyclic) bond motifs is 1. The summed E-state index contributed by atoms with van der Waals surface area (Å²) in [6.45, 7) is 3.88. The molecule has 2 rings (SSSR count). The Morgan fingerprint density at radius 2 is 2.30 bits per heavy atom. The number of unbranched alkanes of at least 4 members (excludes halogenated alkanes) is 2. The zero-order valence-electron chi connectivity index (χ0n) is 12.3. The molecule has 0 spiro atoms. The predicted octanol–water partition coefficient (Wildman–Crippen LogP) is 3.75. The maximum absolute atomic E-state index is 8.49. The number of benzene rings is 1. The minimum atomic E-state index is 0.508. The zero-order valence-corrected chi connectivity index (χ0v) is 12.3. The molecule has 1 aromatic rings. The summed E-state index contributed by atoms with van der Waals surface area (Å²) in [7, 11) is 0. The van der Waals surface area contributed by atoms with Crippen LogP contribution in [0.15, 0.2) is 18.2 Å². The third-order valence-electron chi connectivity index (χ3n) is 3.83. The van der Waals surface area contributed by atoms with Crippen molar-refractivity contribution in [2.75, 3.05) is 13.2 Å². The first-order valence-corrected chi connectivity index (χ1v) is 7.71. The second kappa shape index (κ2) is 7.91. The molecule has 1 aliphatic rings. The van der Waals surface area contributed by atoms with Crippen LogP contribution in [0.1, 0.15) is 56.2 Å². The van der Waals surface area contributed by atoms with Crippen LogP contribution in [0.4, 0.5) is 0 Å². The van der Waals surface area contributed by atoms with Crippen LogP contribution in [0.25, 0.3) is 0 Å². The van der Waals surface area contributed by atoms with Crippen molar-refractivity contribution < 1.29 is 4.74 Å². The maximum atomic E-state index is 8.49. The van der Waals surface area contributed by atoms with Gasteiger partial charge >= 0.3 is 0 Å². The van der Waals surface area contributed by atoms with Crippen LogP contribution in [0.3, 0.4) is 0 Å². The van der Waals surface area contributed by atoms with Crippen LogP contribution >= 0.6 is 0 Å². The summed E-state index contributed by atoms with van der Waals surface area (Å²) in [6.07, 6.45) is 6.13. The summed E-state index contributed by atoms with van der Waals surface area (Å²) in [5, 5.41) is 12.0. The SMILES string of the molecule is CCNC1CCCc2cc(OCCCCC#N)ccc21. The molecule has 0 heterocycles. The monoisotopic (exact) mass is 272 g/mol. The van der Waals surface area contributed by atoms with Gasteiger partial charge in [0.25, 0.3) is 0 Å². The van der Waals surface area contributed by atoms with Crippen LogP contribution in [0.5, 0.6) is 5.75 Å². The topological polar surface area (TPSA) is 45.0 Å². The van der Waals surface area contributed by atoms with Crippen molar-refractivity contribution in [3.8, 4) is 11.8 Å². The molecule has 0 fully saturated rings. The molecule has 20 heavy (non-hydrogen) atoms. The lowest BCUT2D eigenvalue weighted by Crippen LogP contribution is -2.24. The van der Waals surface area contributed by atoms with Crippen LogP contribution < -0.4 is 10.1 Å². The fourth-order valence-corrected chi connectivity index (χ4v) is 2.84. The van der Waals surface area contributed by atoms with Crippen LogP contribution in [-0.2, 0) is 6.42 Å². The van der Waals surface area contributed by atoms with Crippen molar-refractivity contribution in [1.82, 2.24) is 5.32 Å². The fraction of sp³-hybridized carbons (Fsp3) is 0.588. The summed E-state index contributed by atoms with van der Waals surface area (Å²) in [5.74, 6) is 0.970. The number of hydrogen-bond acceptors (Lipinski definition) is 3. The normalized spacial score (nSPS) is 17.3. The van der Waals surface area contributed by atoms with E-state index in [1.807, 2.05) is 0 Å². The molecule has 1 atom stereocenters. The van der Waals surface area contributed by atoms with E-state index in [-0.39, 0.29) is 0 Å². The lowest BCUT2D eigenvalue weighted by atomic mass is 9.87. The molecule has 1 unspecified atom stereocenters. The lowest BCUT2D eigenvalue weighted by Gasteiger charge is -2.26. The highest BCUT2D eigenvalue weighted by molar-refractivity contribution is 5.39. The van der Waals surface area contributed by atoms with Gasteiger partial charge in [-0.15, -0.1) is 0 Å². The van der Waals surface area contributed by atoms with E-state index >= 15 is 0 Å². The molecule has 3 nitrogen and oxygen atoms in total. The number of nitrogens with zero attached hydrogens (tertiary/aromatic N) is 1. The molecule has 0 saturated carbocycles. The first-order chi connectivity index (χ1) is 9.85. The highest BCUT2D eigenvalue weighted by Crippen LogP contribution is 2.32. The van der Waals surface area contributed by atoms with Crippen molar-refractivity contribution in [2.24, 2.45) is 0 Å². The van der Waals surface area contributed by atoms with Crippen molar-refractivity contribution in [2.45, 2.75) is 51.5 Å². The number of nitriles is 1. The Labute approximate surface area is 121 Å². The smallest absolute Gasteiger partial charge is 0.119 e. The molecule has 1 N–H and O–H groups in total. The summed E-state index contributed by atoms with van der Waals surface area (Å²) >= 11 is 0. The predicted molar refractivity (Wildman–Crippen MR) is 80.8 cm³/mol. The summed E-state index contributed by atoms with van der Waals surface area (Å²) in [4.78, 5) is 0. The van der Waals surface area contributed by atoms with E-state index < -0.39 is 0 Å². The molecule has 0 aliphatic heterocycles. The fourth-order valence-electron chi connectivity index (χ4n) is 2.84. The van der Waals surface area contributed by atoms with Gasteiger partial charge in [0, 0.05) is 12.5 Å². The third kappa shape index (κ3) is 3.98. The summed E-state index contributed by atoms with van der Waals surface area (Å²) < 4.78 is 5.78. The summed E-state index contributed by atoms with van der Waals surface area (Å²) in [5.41, 5.74) is 2.87. The average Bonchev–Trinajstić information content (AvgIpc) is 2.47. The van der Waals surface area contributed by atoms with Gasteiger partial charge in [0.2, 0.25) is 0 Å². The lowest BCUT2D eigenvalue weighted by molar-refractivity contribution is 0.306. The molecule has 0 aromatic heterocycles. The van der Waals surface area contributed by atoms with E-state index in [4.69, 9.17) is 10.00 Å². The zero-order chi connectivity index (χ0) is 14.2. The van der Waals surface area contributed by atoms with E-state index in [1.54, 1.807) is 0 Å². The Morgan fingerprint density at radius 1 is 1.40 bits per heavy atom. The molecule has 1 aliphatic carbocycles. The van der Waals surface area contributed by atoms with E-state index in [0.29, 0.717) is 19.1 Å². The first-order valence-electron chi connectivity index (χ1n) is 7.71. The molecule has 0 bridgehead atoms. The van der Waals surface area contributed by atoms with Crippen molar-refractivity contribution in [3.05, 3.63) is 29.3 Å². The molecule has 0 radical (unpaired) electrons. The molecular weight excluding hydrogens is 248 g/mol. The average molecular weight is 272 g/mol. The van der Waals surface area contributed by atoms with Crippen molar-refractivity contribution >= 4 is 0 Å². The van der Waals surface area contributed by atoms with Crippen molar-refractivity contribution in [1.29, 1.82) is 5.26 Å². The van der Waals surface area contributed by atoms with Gasteiger partial charge < -0.3 is 10.1 Å². The standard InChI is InChI=1S/C17H24N2O/c1-2-19-17-8-6-7-14-13-15(9-10-16(14)17)20-12-5-3-4-11-18/h9-10,13,17,19H,2-8,12H2,1H3. The molecular formula is C17H24N2O. The van der Waals surface area contributed by atoms with Crippen LogP contribution in [-0.4, -0.2) is 13.2 Å². The Morgan fingerprint density at radius 3 is 3.10 bits per heavy atom. The Bertz CT molecular complexity index is 465. The number of hydrogen-bond donors (Lipinski definition) is 1. The van der Waals surface area contributed by atoms with Gasteiger partial charge in [-0.25, -0.2) is 0 Å². The van der Waals surface area contributed by atoms with E-state index in [9.17, 15) is 0 Å². The van der Waals surface area contributed by atoms with E-state index in [1.165, 1.54) is 24.0 Å². The van der Waals surface area contributed by atoms with Crippen molar-refractivity contribution in [3.63, 3.8) is 0 Å². The molecule has 3 heteroatoms. The maximum Gasteiger partial charge on any atom is 0.119 e. The van der Waals surface area contributed by atoms with Gasteiger partial charge in [-0.3, -0.25) is 0 Å².